The van der Waals surface area contributed by atoms with Crippen LogP contribution in [0.2, 0.25) is 0 Å². The molecule has 1 N–H and O–H groups in total. The van der Waals surface area contributed by atoms with Gasteiger partial charge >= 0.3 is 0 Å². The highest BCUT2D eigenvalue weighted by molar-refractivity contribution is 9.10. The molecule has 0 amide bonds. The van der Waals surface area contributed by atoms with Crippen LogP contribution in [-0.4, -0.2) is 12.1 Å². The second-order valence-corrected chi connectivity index (χ2v) is 8.13. The molecule has 0 saturated carbocycles. The molecule has 0 unspecified atom stereocenters. The molecule has 108 valence electrons. The van der Waals surface area contributed by atoms with Crippen molar-refractivity contribution in [3.05, 3.63) is 34.3 Å². The van der Waals surface area contributed by atoms with Gasteiger partial charge in [0.05, 0.1) is 0 Å². The Bertz CT molecular complexity index is 373. The van der Waals surface area contributed by atoms with Gasteiger partial charge in [0.1, 0.15) is 0 Å². The Morgan fingerprint density at radius 3 is 2.05 bits per heavy atom. The normalized spacial score (nSPS) is 12.7. The fourth-order valence-corrected chi connectivity index (χ4v) is 2.30. The quantitative estimate of drug-likeness (QED) is 0.759. The summed E-state index contributed by atoms with van der Waals surface area (Å²) in [5, 5.41) is 3.58. The first-order valence-electron chi connectivity index (χ1n) is 7.17. The van der Waals surface area contributed by atoms with Gasteiger partial charge in [-0.25, -0.2) is 0 Å². The van der Waals surface area contributed by atoms with Crippen LogP contribution in [0, 0.1) is 5.41 Å². The van der Waals surface area contributed by atoms with Gasteiger partial charge in [0.25, 0.3) is 0 Å². The predicted molar refractivity (Wildman–Crippen MR) is 88.6 cm³/mol. The van der Waals surface area contributed by atoms with Crippen molar-refractivity contribution >= 4 is 15.9 Å². The molecule has 0 bridgehead atoms. The van der Waals surface area contributed by atoms with E-state index in [1.165, 1.54) is 18.4 Å². The van der Waals surface area contributed by atoms with Crippen LogP contribution in [0.4, 0.5) is 0 Å². The second kappa shape index (κ2) is 6.90. The molecule has 1 nitrogen and oxygen atoms in total. The van der Waals surface area contributed by atoms with E-state index in [1.54, 1.807) is 0 Å². The SMILES string of the molecule is CC(C)(CCNC(C)(C)C)CCc1ccc(Br)cc1. The Hall–Kier alpha value is -0.340. The minimum absolute atomic E-state index is 0.224. The van der Waals surface area contributed by atoms with E-state index >= 15 is 0 Å². The number of benzene rings is 1. The van der Waals surface area contributed by atoms with Crippen molar-refractivity contribution in [3.8, 4) is 0 Å². The Kier molecular flexibility index (Phi) is 6.07. The molecule has 0 saturated heterocycles. The van der Waals surface area contributed by atoms with Crippen molar-refractivity contribution < 1.29 is 0 Å². The predicted octanol–water partition coefficient (Wildman–Crippen LogP) is 5.19. The maximum absolute atomic E-state index is 3.58. The van der Waals surface area contributed by atoms with Crippen LogP contribution in [0.25, 0.3) is 0 Å². The molecule has 0 heterocycles. The third kappa shape index (κ3) is 7.74. The fraction of sp³-hybridized carbons (Fsp3) is 0.647. The number of hydrogen-bond acceptors (Lipinski definition) is 1. The minimum atomic E-state index is 0.224. The van der Waals surface area contributed by atoms with Gasteiger partial charge in [-0.3, -0.25) is 0 Å². The molecule has 1 aromatic carbocycles. The molecular formula is C17H28BrN. The van der Waals surface area contributed by atoms with E-state index in [4.69, 9.17) is 0 Å². The van der Waals surface area contributed by atoms with Crippen molar-refractivity contribution in [3.63, 3.8) is 0 Å². The topological polar surface area (TPSA) is 12.0 Å². The third-order valence-corrected chi connectivity index (χ3v) is 3.99. The molecule has 0 aliphatic rings. The summed E-state index contributed by atoms with van der Waals surface area (Å²) in [4.78, 5) is 0. The van der Waals surface area contributed by atoms with Gasteiger partial charge in [-0.1, -0.05) is 41.9 Å². The van der Waals surface area contributed by atoms with Crippen molar-refractivity contribution in [1.82, 2.24) is 5.32 Å². The summed E-state index contributed by atoms with van der Waals surface area (Å²) < 4.78 is 1.16. The summed E-state index contributed by atoms with van der Waals surface area (Å²) in [5.41, 5.74) is 2.05. The van der Waals surface area contributed by atoms with E-state index in [9.17, 15) is 0 Å². The number of hydrogen-bond donors (Lipinski definition) is 1. The van der Waals surface area contributed by atoms with Gasteiger partial charge in [-0.2, -0.15) is 0 Å². The summed E-state index contributed by atoms with van der Waals surface area (Å²) in [6.45, 7) is 12.5. The highest BCUT2D eigenvalue weighted by atomic mass is 79.9. The number of aryl methyl sites for hydroxylation is 1. The Balaban J connectivity index is 2.35. The van der Waals surface area contributed by atoms with Crippen LogP contribution in [0.5, 0.6) is 0 Å². The largest absolute Gasteiger partial charge is 0.312 e. The summed E-state index contributed by atoms with van der Waals surface area (Å²) in [7, 11) is 0. The number of nitrogens with one attached hydrogen (secondary N) is 1. The molecule has 0 atom stereocenters. The van der Waals surface area contributed by atoms with Crippen molar-refractivity contribution in [1.29, 1.82) is 0 Å². The first-order chi connectivity index (χ1) is 8.68. The van der Waals surface area contributed by atoms with Crippen LogP contribution in [0.1, 0.15) is 53.0 Å². The zero-order chi connectivity index (χ0) is 14.5. The Morgan fingerprint density at radius 2 is 1.53 bits per heavy atom. The van der Waals surface area contributed by atoms with Gasteiger partial charge in [0.2, 0.25) is 0 Å². The summed E-state index contributed by atoms with van der Waals surface area (Å²) in [6.07, 6.45) is 3.62. The summed E-state index contributed by atoms with van der Waals surface area (Å²) >= 11 is 3.48. The highest BCUT2D eigenvalue weighted by Gasteiger charge is 2.18. The van der Waals surface area contributed by atoms with Crippen LogP contribution >= 0.6 is 15.9 Å². The second-order valence-electron chi connectivity index (χ2n) is 7.22. The Morgan fingerprint density at radius 1 is 0.947 bits per heavy atom. The molecule has 0 aliphatic heterocycles. The monoisotopic (exact) mass is 325 g/mol. The van der Waals surface area contributed by atoms with Gasteiger partial charge in [-0.05, 0) is 69.7 Å². The molecule has 2 heteroatoms. The molecular weight excluding hydrogens is 298 g/mol. The molecule has 0 aliphatic carbocycles. The lowest BCUT2D eigenvalue weighted by molar-refractivity contribution is 0.284. The van der Waals surface area contributed by atoms with Gasteiger partial charge < -0.3 is 5.32 Å². The standard InChI is InChI=1S/C17H28BrN/c1-16(2,3)19-13-12-17(4,5)11-10-14-6-8-15(18)9-7-14/h6-9,19H,10-13H2,1-5H3. The van der Waals surface area contributed by atoms with Crippen molar-refractivity contribution in [2.45, 2.75) is 59.4 Å². The number of halogens is 1. The van der Waals surface area contributed by atoms with Crippen LogP contribution in [0.15, 0.2) is 28.7 Å². The smallest absolute Gasteiger partial charge is 0.0175 e. The molecule has 0 fully saturated rings. The van der Waals surface area contributed by atoms with E-state index < -0.39 is 0 Å². The van der Waals surface area contributed by atoms with Gasteiger partial charge in [-0.15, -0.1) is 0 Å². The zero-order valence-corrected chi connectivity index (χ0v) is 14.6. The molecule has 1 aromatic rings. The zero-order valence-electron chi connectivity index (χ0n) is 13.0. The van der Waals surface area contributed by atoms with Gasteiger partial charge in [0, 0.05) is 10.0 Å². The van der Waals surface area contributed by atoms with E-state index in [-0.39, 0.29) is 5.54 Å². The summed E-state index contributed by atoms with van der Waals surface area (Å²) in [6, 6.07) is 8.69. The van der Waals surface area contributed by atoms with Crippen molar-refractivity contribution in [2.24, 2.45) is 5.41 Å². The van der Waals surface area contributed by atoms with E-state index in [0.717, 1.165) is 17.4 Å². The maximum atomic E-state index is 3.58. The third-order valence-electron chi connectivity index (χ3n) is 3.46. The lowest BCUT2D eigenvalue weighted by Gasteiger charge is -2.28. The number of rotatable bonds is 6. The highest BCUT2D eigenvalue weighted by Crippen LogP contribution is 2.27. The lowest BCUT2D eigenvalue weighted by Crippen LogP contribution is -2.38. The van der Waals surface area contributed by atoms with Gasteiger partial charge in [0.15, 0.2) is 0 Å². The minimum Gasteiger partial charge on any atom is -0.312 e. The van der Waals surface area contributed by atoms with Crippen molar-refractivity contribution in [2.75, 3.05) is 6.54 Å². The first kappa shape index (κ1) is 16.7. The average Bonchev–Trinajstić information content (AvgIpc) is 2.26. The molecule has 0 aromatic heterocycles. The van der Waals surface area contributed by atoms with Crippen LogP contribution in [-0.2, 0) is 6.42 Å². The fourth-order valence-electron chi connectivity index (χ4n) is 2.03. The van der Waals surface area contributed by atoms with E-state index in [1.807, 2.05) is 0 Å². The molecule has 0 spiro atoms. The summed E-state index contributed by atoms with van der Waals surface area (Å²) in [5.74, 6) is 0. The molecule has 19 heavy (non-hydrogen) atoms. The molecule has 1 rings (SSSR count). The average molecular weight is 326 g/mol. The Labute approximate surface area is 127 Å². The van der Waals surface area contributed by atoms with Crippen LogP contribution < -0.4 is 5.32 Å². The van der Waals surface area contributed by atoms with E-state index in [2.05, 4.69) is 80.1 Å². The maximum Gasteiger partial charge on any atom is 0.0175 e. The van der Waals surface area contributed by atoms with E-state index in [0.29, 0.717) is 5.41 Å². The lowest BCUT2D eigenvalue weighted by atomic mass is 9.83. The van der Waals surface area contributed by atoms with Crippen LogP contribution in [0.3, 0.4) is 0 Å². The molecule has 0 radical (unpaired) electrons. The first-order valence-corrected chi connectivity index (χ1v) is 7.97.